The van der Waals surface area contributed by atoms with E-state index in [1.54, 1.807) is 6.20 Å². The van der Waals surface area contributed by atoms with E-state index in [9.17, 15) is 0 Å². The van der Waals surface area contributed by atoms with Gasteiger partial charge in [0.1, 0.15) is 5.69 Å². The van der Waals surface area contributed by atoms with E-state index in [1.807, 2.05) is 42.6 Å². The molecule has 116 valence electrons. The van der Waals surface area contributed by atoms with Gasteiger partial charge in [-0.05, 0) is 48.7 Å². The van der Waals surface area contributed by atoms with Crippen molar-refractivity contribution >= 4 is 0 Å². The first-order chi connectivity index (χ1) is 11.4. The molecule has 0 radical (unpaired) electrons. The predicted molar refractivity (Wildman–Crippen MR) is 90.9 cm³/mol. The molecule has 0 amide bonds. The van der Waals surface area contributed by atoms with Gasteiger partial charge >= 0.3 is 0 Å². The SMILES string of the molecule is CCCCc1cc(Cc2ccccn2)nnc1-c1ccccn1. The highest BCUT2D eigenvalue weighted by Gasteiger charge is 2.11. The van der Waals surface area contributed by atoms with E-state index in [2.05, 4.69) is 33.2 Å². The van der Waals surface area contributed by atoms with E-state index in [0.717, 1.165) is 42.0 Å². The molecule has 3 rings (SSSR count). The third-order valence-corrected chi connectivity index (χ3v) is 3.72. The van der Waals surface area contributed by atoms with E-state index in [1.165, 1.54) is 5.56 Å². The molecule has 0 aromatic carbocycles. The average molecular weight is 304 g/mol. The van der Waals surface area contributed by atoms with Gasteiger partial charge in [-0.15, -0.1) is 5.10 Å². The minimum absolute atomic E-state index is 0.704. The van der Waals surface area contributed by atoms with Crippen LogP contribution in [0.5, 0.6) is 0 Å². The quantitative estimate of drug-likeness (QED) is 0.693. The van der Waals surface area contributed by atoms with Crippen LogP contribution in [0.15, 0.2) is 54.9 Å². The van der Waals surface area contributed by atoms with Gasteiger partial charge in [-0.1, -0.05) is 25.5 Å². The highest BCUT2D eigenvalue weighted by atomic mass is 15.1. The van der Waals surface area contributed by atoms with Gasteiger partial charge in [-0.3, -0.25) is 9.97 Å². The van der Waals surface area contributed by atoms with Crippen molar-refractivity contribution in [2.75, 3.05) is 0 Å². The smallest absolute Gasteiger partial charge is 0.115 e. The summed E-state index contributed by atoms with van der Waals surface area (Å²) in [6.45, 7) is 2.20. The van der Waals surface area contributed by atoms with E-state index in [4.69, 9.17) is 0 Å². The third-order valence-electron chi connectivity index (χ3n) is 3.72. The Morgan fingerprint density at radius 1 is 0.870 bits per heavy atom. The second-order valence-electron chi connectivity index (χ2n) is 5.53. The number of aromatic nitrogens is 4. The monoisotopic (exact) mass is 304 g/mol. The summed E-state index contributed by atoms with van der Waals surface area (Å²) in [7, 11) is 0. The summed E-state index contributed by atoms with van der Waals surface area (Å²) in [5.41, 5.74) is 4.95. The number of nitrogens with zero attached hydrogens (tertiary/aromatic N) is 4. The maximum Gasteiger partial charge on any atom is 0.115 e. The molecule has 0 aliphatic rings. The Bertz CT molecular complexity index is 742. The standard InChI is InChI=1S/C19H20N4/c1-2-3-8-15-13-17(14-16-9-4-6-11-20-16)22-23-19(15)18-10-5-7-12-21-18/h4-7,9-13H,2-3,8,14H2,1H3. The summed E-state index contributed by atoms with van der Waals surface area (Å²) >= 11 is 0. The minimum Gasteiger partial charge on any atom is -0.261 e. The van der Waals surface area contributed by atoms with Crippen molar-refractivity contribution in [3.63, 3.8) is 0 Å². The maximum atomic E-state index is 4.46. The molecule has 0 saturated heterocycles. The number of aryl methyl sites for hydroxylation is 1. The Morgan fingerprint density at radius 2 is 1.70 bits per heavy atom. The van der Waals surface area contributed by atoms with E-state index >= 15 is 0 Å². The molecule has 23 heavy (non-hydrogen) atoms. The maximum absolute atomic E-state index is 4.46. The molecule has 0 spiro atoms. The molecule has 0 atom stereocenters. The van der Waals surface area contributed by atoms with Crippen LogP contribution in [0.25, 0.3) is 11.4 Å². The minimum atomic E-state index is 0.704. The van der Waals surface area contributed by atoms with Gasteiger partial charge in [0.15, 0.2) is 0 Å². The fourth-order valence-electron chi connectivity index (χ4n) is 2.53. The molecule has 0 fully saturated rings. The van der Waals surface area contributed by atoms with Crippen LogP contribution in [0.3, 0.4) is 0 Å². The van der Waals surface area contributed by atoms with Crippen LogP contribution in [-0.4, -0.2) is 20.2 Å². The second kappa shape index (κ2) is 7.58. The van der Waals surface area contributed by atoms with Crippen molar-refractivity contribution in [3.8, 4) is 11.4 Å². The first kappa shape index (κ1) is 15.3. The number of hydrogen-bond acceptors (Lipinski definition) is 4. The first-order valence-electron chi connectivity index (χ1n) is 8.03. The van der Waals surface area contributed by atoms with Crippen LogP contribution in [0.4, 0.5) is 0 Å². The molecule has 4 nitrogen and oxygen atoms in total. The van der Waals surface area contributed by atoms with Crippen LogP contribution in [0.1, 0.15) is 36.7 Å². The molecular weight excluding hydrogens is 284 g/mol. The lowest BCUT2D eigenvalue weighted by Gasteiger charge is -2.09. The average Bonchev–Trinajstić information content (AvgIpc) is 2.62. The zero-order chi connectivity index (χ0) is 15.9. The Labute approximate surface area is 136 Å². The van der Waals surface area contributed by atoms with E-state index in [-0.39, 0.29) is 0 Å². The third kappa shape index (κ3) is 3.97. The largest absolute Gasteiger partial charge is 0.261 e. The van der Waals surface area contributed by atoms with Crippen molar-refractivity contribution in [2.45, 2.75) is 32.6 Å². The molecule has 0 aliphatic heterocycles. The topological polar surface area (TPSA) is 51.6 Å². The number of hydrogen-bond donors (Lipinski definition) is 0. The van der Waals surface area contributed by atoms with Crippen molar-refractivity contribution in [2.24, 2.45) is 0 Å². The van der Waals surface area contributed by atoms with Crippen LogP contribution in [-0.2, 0) is 12.8 Å². The van der Waals surface area contributed by atoms with Gasteiger partial charge < -0.3 is 0 Å². The van der Waals surface area contributed by atoms with Gasteiger partial charge in [0, 0.05) is 24.5 Å². The Hall–Kier alpha value is -2.62. The zero-order valence-electron chi connectivity index (χ0n) is 13.3. The lowest BCUT2D eigenvalue weighted by atomic mass is 10.0. The molecule has 3 heterocycles. The molecule has 0 aliphatic carbocycles. The summed E-state index contributed by atoms with van der Waals surface area (Å²) in [5, 5.41) is 8.85. The summed E-state index contributed by atoms with van der Waals surface area (Å²) < 4.78 is 0. The lowest BCUT2D eigenvalue weighted by Crippen LogP contribution is -2.03. The zero-order valence-corrected chi connectivity index (χ0v) is 13.3. The molecule has 0 saturated carbocycles. The van der Waals surface area contributed by atoms with E-state index < -0.39 is 0 Å². The molecule has 0 unspecified atom stereocenters. The number of rotatable bonds is 6. The Balaban J connectivity index is 1.92. The fourth-order valence-corrected chi connectivity index (χ4v) is 2.53. The van der Waals surface area contributed by atoms with Gasteiger partial charge in [-0.2, -0.15) is 5.10 Å². The first-order valence-corrected chi connectivity index (χ1v) is 8.03. The highest BCUT2D eigenvalue weighted by Crippen LogP contribution is 2.21. The molecule has 0 N–H and O–H groups in total. The van der Waals surface area contributed by atoms with Gasteiger partial charge in [-0.25, -0.2) is 0 Å². The van der Waals surface area contributed by atoms with Crippen molar-refractivity contribution in [1.29, 1.82) is 0 Å². The van der Waals surface area contributed by atoms with Crippen molar-refractivity contribution in [1.82, 2.24) is 20.2 Å². The van der Waals surface area contributed by atoms with E-state index in [0.29, 0.717) is 6.42 Å². The molecule has 0 bridgehead atoms. The molecule has 3 aromatic rings. The van der Waals surface area contributed by atoms with Crippen LogP contribution in [0, 0.1) is 0 Å². The van der Waals surface area contributed by atoms with Crippen LogP contribution < -0.4 is 0 Å². The predicted octanol–water partition coefficient (Wildman–Crippen LogP) is 3.87. The summed E-state index contributed by atoms with van der Waals surface area (Å²) in [6.07, 6.45) is 7.59. The Kier molecular flexibility index (Phi) is 5.04. The number of pyridine rings is 2. The Morgan fingerprint density at radius 3 is 2.39 bits per heavy atom. The summed E-state index contributed by atoms with van der Waals surface area (Å²) in [5.74, 6) is 0. The van der Waals surface area contributed by atoms with Crippen molar-refractivity contribution < 1.29 is 0 Å². The number of unbranched alkanes of at least 4 members (excludes halogenated alkanes) is 1. The van der Waals surface area contributed by atoms with Crippen molar-refractivity contribution in [3.05, 3.63) is 71.8 Å². The highest BCUT2D eigenvalue weighted by molar-refractivity contribution is 5.58. The fraction of sp³-hybridized carbons (Fsp3) is 0.263. The van der Waals surface area contributed by atoms with Gasteiger partial charge in [0.25, 0.3) is 0 Å². The second-order valence-corrected chi connectivity index (χ2v) is 5.53. The van der Waals surface area contributed by atoms with Crippen LogP contribution in [0.2, 0.25) is 0 Å². The molecular formula is C19H20N4. The van der Waals surface area contributed by atoms with Crippen LogP contribution >= 0.6 is 0 Å². The molecule has 4 heteroatoms. The van der Waals surface area contributed by atoms with Gasteiger partial charge in [0.05, 0.1) is 11.4 Å². The summed E-state index contributed by atoms with van der Waals surface area (Å²) in [4.78, 5) is 8.78. The lowest BCUT2D eigenvalue weighted by molar-refractivity contribution is 0.782. The summed E-state index contributed by atoms with van der Waals surface area (Å²) in [6, 6.07) is 14.0. The molecule has 3 aromatic heterocycles. The van der Waals surface area contributed by atoms with Gasteiger partial charge in [0.2, 0.25) is 0 Å². The normalized spacial score (nSPS) is 10.7.